The summed E-state index contributed by atoms with van der Waals surface area (Å²) < 4.78 is 30.9. The van der Waals surface area contributed by atoms with Gasteiger partial charge in [0.15, 0.2) is 23.0 Å². The fourth-order valence-corrected chi connectivity index (χ4v) is 3.77. The van der Waals surface area contributed by atoms with Crippen LogP contribution in [0.2, 0.25) is 0 Å². The van der Waals surface area contributed by atoms with Crippen molar-refractivity contribution in [1.29, 1.82) is 0 Å². The van der Waals surface area contributed by atoms with Gasteiger partial charge in [-0.25, -0.2) is 0 Å². The Morgan fingerprint density at radius 2 is 1.96 bits per heavy atom. The zero-order chi connectivity index (χ0) is 17.8. The first-order valence-corrected chi connectivity index (χ1v) is 8.29. The topological polar surface area (TPSA) is 40.2 Å². The zero-order valence-electron chi connectivity index (χ0n) is 15.2. The predicted octanol–water partition coefficient (Wildman–Crippen LogP) is 3.30. The molecule has 1 atom stereocenters. The third-order valence-electron chi connectivity index (χ3n) is 5.00. The molecule has 0 unspecified atom stereocenters. The molecule has 3 heterocycles. The molecule has 0 aliphatic carbocycles. The van der Waals surface area contributed by atoms with E-state index in [2.05, 4.69) is 17.0 Å². The Labute approximate surface area is 147 Å². The summed E-state index contributed by atoms with van der Waals surface area (Å²) in [5.41, 5.74) is 5.22. The number of nitrogens with zero attached hydrogens (tertiary/aromatic N) is 1. The van der Waals surface area contributed by atoms with Crippen LogP contribution < -0.4 is 18.9 Å². The van der Waals surface area contributed by atoms with Crippen LogP contribution in [0.25, 0.3) is 11.8 Å². The molecular weight excluding hydrogens is 318 g/mol. The van der Waals surface area contributed by atoms with E-state index in [1.165, 1.54) is 5.56 Å². The van der Waals surface area contributed by atoms with Crippen LogP contribution in [-0.4, -0.2) is 32.5 Å². The molecule has 0 amide bonds. The Balaban J connectivity index is 1.70. The maximum atomic E-state index is 8.88. The Bertz CT molecular complexity index is 940. The standard InChI is InChI=1S/C20H19NO4/c1-22-17-4-3-12-7-16-14-9-19-18(24-11-25-19)8-13(14)5-6-21(16)10-15(12)20(17)23-2/h3-4,7-9H,5-6,10-11H2,1-2H3/i10D/t10-/m0/s1. The zero-order valence-corrected chi connectivity index (χ0v) is 14.2. The van der Waals surface area contributed by atoms with E-state index < -0.39 is 6.52 Å². The number of benzene rings is 2. The van der Waals surface area contributed by atoms with Crippen molar-refractivity contribution in [3.8, 4) is 23.0 Å². The van der Waals surface area contributed by atoms with Gasteiger partial charge in [-0.1, -0.05) is 6.07 Å². The molecule has 5 heteroatoms. The van der Waals surface area contributed by atoms with Gasteiger partial charge in [-0.3, -0.25) is 0 Å². The highest BCUT2D eigenvalue weighted by Gasteiger charge is 2.30. The van der Waals surface area contributed by atoms with Crippen LogP contribution in [0.5, 0.6) is 23.0 Å². The monoisotopic (exact) mass is 338 g/mol. The Kier molecular flexibility index (Phi) is 2.88. The lowest BCUT2D eigenvalue weighted by atomic mass is 9.90. The minimum absolute atomic E-state index is 0.266. The Morgan fingerprint density at radius 1 is 1.12 bits per heavy atom. The molecule has 0 aromatic heterocycles. The van der Waals surface area contributed by atoms with E-state index in [9.17, 15) is 0 Å². The molecule has 0 radical (unpaired) electrons. The van der Waals surface area contributed by atoms with Gasteiger partial charge in [0.05, 0.1) is 15.6 Å². The molecule has 3 aliphatic heterocycles. The molecule has 0 bridgehead atoms. The Hall–Kier alpha value is -2.82. The minimum Gasteiger partial charge on any atom is -0.493 e. The van der Waals surface area contributed by atoms with Crippen LogP contribution in [0.15, 0.2) is 24.3 Å². The SMILES string of the molecule is [2H][C@H]1c2c(ccc(OC)c2OC)C=C2c3cc4c(cc3CCN21)OCO4. The van der Waals surface area contributed by atoms with Gasteiger partial charge < -0.3 is 23.8 Å². The minimum atomic E-state index is -0.548. The lowest BCUT2D eigenvalue weighted by Gasteiger charge is -2.37. The molecule has 2 aromatic carbocycles. The summed E-state index contributed by atoms with van der Waals surface area (Å²) in [6.45, 7) is 0.488. The van der Waals surface area contributed by atoms with Crippen molar-refractivity contribution in [2.45, 2.75) is 12.9 Å². The number of fused-ring (bicyclic) bond motifs is 5. The number of hydrogen-bond acceptors (Lipinski definition) is 5. The van der Waals surface area contributed by atoms with Crippen molar-refractivity contribution >= 4 is 11.8 Å². The fraction of sp³-hybridized carbons (Fsp3) is 0.300. The normalized spacial score (nSPS) is 20.1. The van der Waals surface area contributed by atoms with Crippen molar-refractivity contribution in [2.24, 2.45) is 0 Å². The van der Waals surface area contributed by atoms with Crippen LogP contribution in [0.4, 0.5) is 0 Å². The summed E-state index contributed by atoms with van der Waals surface area (Å²) in [7, 11) is 3.24. The number of methoxy groups -OCH3 is 2. The molecule has 0 spiro atoms. The van der Waals surface area contributed by atoms with Crippen LogP contribution in [-0.2, 0) is 12.9 Å². The highest BCUT2D eigenvalue weighted by atomic mass is 16.7. The van der Waals surface area contributed by atoms with Gasteiger partial charge in [-0.15, -0.1) is 0 Å². The van der Waals surface area contributed by atoms with Crippen molar-refractivity contribution in [3.63, 3.8) is 0 Å². The summed E-state index contributed by atoms with van der Waals surface area (Å²) in [6, 6.07) is 7.98. The molecule has 25 heavy (non-hydrogen) atoms. The molecule has 3 aliphatic rings. The van der Waals surface area contributed by atoms with E-state index in [1.807, 2.05) is 18.2 Å². The first-order valence-electron chi connectivity index (χ1n) is 8.87. The van der Waals surface area contributed by atoms with Gasteiger partial charge in [0.25, 0.3) is 0 Å². The van der Waals surface area contributed by atoms with Crippen molar-refractivity contribution in [3.05, 3.63) is 46.5 Å². The van der Waals surface area contributed by atoms with Crippen LogP contribution in [0, 0.1) is 0 Å². The second kappa shape index (κ2) is 5.34. The van der Waals surface area contributed by atoms with Gasteiger partial charge in [-0.05, 0) is 41.8 Å². The summed E-state index contributed by atoms with van der Waals surface area (Å²) in [5, 5.41) is 0. The van der Waals surface area contributed by atoms with E-state index >= 15 is 0 Å². The molecular formula is C20H19NO4. The van der Waals surface area contributed by atoms with Gasteiger partial charge in [0.2, 0.25) is 6.79 Å². The van der Waals surface area contributed by atoms with Gasteiger partial charge >= 0.3 is 0 Å². The highest BCUT2D eigenvalue weighted by Crippen LogP contribution is 2.45. The third kappa shape index (κ3) is 2.08. The molecule has 0 saturated carbocycles. The van der Waals surface area contributed by atoms with Gasteiger partial charge in [0, 0.05) is 29.9 Å². The first-order chi connectivity index (χ1) is 12.7. The van der Waals surface area contributed by atoms with Crippen molar-refractivity contribution in [1.82, 2.24) is 4.90 Å². The van der Waals surface area contributed by atoms with Gasteiger partial charge in [0.1, 0.15) is 0 Å². The fourth-order valence-electron chi connectivity index (χ4n) is 3.77. The smallest absolute Gasteiger partial charge is 0.231 e. The summed E-state index contributed by atoms with van der Waals surface area (Å²) in [4.78, 5) is 2.11. The Morgan fingerprint density at radius 3 is 2.76 bits per heavy atom. The number of hydrogen-bond donors (Lipinski definition) is 0. The van der Waals surface area contributed by atoms with E-state index in [0.717, 1.165) is 46.9 Å². The predicted molar refractivity (Wildman–Crippen MR) is 94.1 cm³/mol. The number of ether oxygens (including phenoxy) is 4. The lowest BCUT2D eigenvalue weighted by Crippen LogP contribution is -2.31. The molecule has 0 N–H and O–H groups in total. The average Bonchev–Trinajstić information content (AvgIpc) is 3.12. The lowest BCUT2D eigenvalue weighted by molar-refractivity contribution is 0.174. The van der Waals surface area contributed by atoms with Crippen LogP contribution >= 0.6 is 0 Å². The van der Waals surface area contributed by atoms with E-state index in [1.54, 1.807) is 14.2 Å². The summed E-state index contributed by atoms with van der Waals surface area (Å²) in [5.74, 6) is 2.87. The first kappa shape index (κ1) is 13.5. The molecule has 5 nitrogen and oxygen atoms in total. The maximum absolute atomic E-state index is 8.88. The van der Waals surface area contributed by atoms with E-state index in [-0.39, 0.29) is 6.79 Å². The van der Waals surface area contributed by atoms with E-state index in [0.29, 0.717) is 11.5 Å². The van der Waals surface area contributed by atoms with Crippen LogP contribution in [0.1, 0.15) is 23.6 Å². The number of rotatable bonds is 2. The van der Waals surface area contributed by atoms with Crippen LogP contribution in [0.3, 0.4) is 0 Å². The largest absolute Gasteiger partial charge is 0.493 e. The quantitative estimate of drug-likeness (QED) is 0.840. The summed E-state index contributed by atoms with van der Waals surface area (Å²) in [6.07, 6.45) is 2.99. The highest BCUT2D eigenvalue weighted by molar-refractivity contribution is 5.87. The second-order valence-electron chi connectivity index (χ2n) is 6.27. The second-order valence-corrected chi connectivity index (χ2v) is 6.27. The molecule has 0 saturated heterocycles. The molecule has 0 fully saturated rings. The molecule has 5 rings (SSSR count). The summed E-state index contributed by atoms with van der Waals surface area (Å²) >= 11 is 0. The maximum Gasteiger partial charge on any atom is 0.231 e. The van der Waals surface area contributed by atoms with Crippen molar-refractivity contribution in [2.75, 3.05) is 27.6 Å². The molecule has 128 valence electrons. The third-order valence-corrected chi connectivity index (χ3v) is 5.00. The average molecular weight is 338 g/mol. The van der Waals surface area contributed by atoms with Gasteiger partial charge in [-0.2, -0.15) is 0 Å². The molecule has 2 aromatic rings. The van der Waals surface area contributed by atoms with E-state index in [4.69, 9.17) is 20.3 Å². The van der Waals surface area contributed by atoms with Crippen molar-refractivity contribution < 1.29 is 20.3 Å².